The van der Waals surface area contributed by atoms with Gasteiger partial charge in [0.15, 0.2) is 11.5 Å². The maximum absolute atomic E-state index is 12.8. The Morgan fingerprint density at radius 1 is 1.06 bits per heavy atom. The lowest BCUT2D eigenvalue weighted by molar-refractivity contribution is -0.121. The van der Waals surface area contributed by atoms with Gasteiger partial charge >= 0.3 is 0 Å². The molecule has 31 heavy (non-hydrogen) atoms. The molecule has 1 amide bonds. The van der Waals surface area contributed by atoms with Gasteiger partial charge in [0.2, 0.25) is 5.91 Å². The minimum atomic E-state index is -0.197. The molecule has 2 aromatic carbocycles. The van der Waals surface area contributed by atoms with E-state index in [9.17, 15) is 4.79 Å². The molecule has 1 atom stereocenters. The molecule has 164 valence electrons. The molecule has 7 heteroatoms. The number of benzene rings is 2. The molecule has 6 nitrogen and oxygen atoms in total. The molecule has 1 aliphatic heterocycles. The fourth-order valence-electron chi connectivity index (χ4n) is 4.03. The van der Waals surface area contributed by atoms with Crippen molar-refractivity contribution in [1.82, 2.24) is 9.80 Å². The number of hydrogen-bond acceptors (Lipinski definition) is 6. The van der Waals surface area contributed by atoms with Crippen molar-refractivity contribution in [1.29, 1.82) is 0 Å². The first-order valence-electron chi connectivity index (χ1n) is 10.5. The Morgan fingerprint density at radius 2 is 1.81 bits per heavy atom. The average Bonchev–Trinajstić information content (AvgIpc) is 3.21. The van der Waals surface area contributed by atoms with E-state index in [0.717, 1.165) is 32.7 Å². The molecule has 0 spiro atoms. The molecule has 0 radical (unpaired) electrons. The van der Waals surface area contributed by atoms with Crippen LogP contribution < -0.4 is 14.8 Å². The minimum Gasteiger partial charge on any atom is -0.493 e. The SMILES string of the molecule is COc1ccc(NC(=O)C(C)N2CCN(Cc3csc4ccccc34)CC2)cc1OC. The molecule has 1 fully saturated rings. The molecule has 1 unspecified atom stereocenters. The van der Waals surface area contributed by atoms with E-state index in [4.69, 9.17) is 9.47 Å². The molecule has 2 heterocycles. The highest BCUT2D eigenvalue weighted by Gasteiger charge is 2.26. The normalized spacial score (nSPS) is 16.2. The largest absolute Gasteiger partial charge is 0.493 e. The molecular weight excluding hydrogens is 410 g/mol. The smallest absolute Gasteiger partial charge is 0.241 e. The molecule has 1 saturated heterocycles. The third-order valence-electron chi connectivity index (χ3n) is 5.94. The lowest BCUT2D eigenvalue weighted by atomic mass is 10.1. The van der Waals surface area contributed by atoms with Crippen molar-refractivity contribution < 1.29 is 14.3 Å². The van der Waals surface area contributed by atoms with Gasteiger partial charge in [-0.2, -0.15) is 0 Å². The summed E-state index contributed by atoms with van der Waals surface area (Å²) in [4.78, 5) is 17.5. The highest BCUT2D eigenvalue weighted by molar-refractivity contribution is 7.17. The number of thiophene rings is 1. The van der Waals surface area contributed by atoms with Crippen molar-refractivity contribution >= 4 is 33.0 Å². The Morgan fingerprint density at radius 3 is 2.55 bits per heavy atom. The molecule has 1 aromatic heterocycles. The van der Waals surface area contributed by atoms with E-state index in [1.165, 1.54) is 15.6 Å². The number of ether oxygens (including phenoxy) is 2. The van der Waals surface area contributed by atoms with Crippen molar-refractivity contribution in [2.45, 2.75) is 19.5 Å². The maximum atomic E-state index is 12.8. The van der Waals surface area contributed by atoms with Crippen LogP contribution in [0.1, 0.15) is 12.5 Å². The summed E-state index contributed by atoms with van der Waals surface area (Å²) >= 11 is 1.81. The summed E-state index contributed by atoms with van der Waals surface area (Å²) in [5.74, 6) is 1.23. The van der Waals surface area contributed by atoms with Gasteiger partial charge < -0.3 is 14.8 Å². The van der Waals surface area contributed by atoms with Crippen LogP contribution >= 0.6 is 11.3 Å². The van der Waals surface area contributed by atoms with Gasteiger partial charge in [0.1, 0.15) is 0 Å². The van der Waals surface area contributed by atoms with Crippen LogP contribution in [0.25, 0.3) is 10.1 Å². The number of rotatable bonds is 7. The third-order valence-corrected chi connectivity index (χ3v) is 6.95. The summed E-state index contributed by atoms with van der Waals surface area (Å²) in [5.41, 5.74) is 2.10. The van der Waals surface area contributed by atoms with E-state index in [0.29, 0.717) is 17.2 Å². The van der Waals surface area contributed by atoms with Crippen LogP contribution in [-0.4, -0.2) is 62.1 Å². The predicted octanol–water partition coefficient (Wildman–Crippen LogP) is 4.06. The average molecular weight is 440 g/mol. The van der Waals surface area contributed by atoms with Crippen LogP contribution in [0, 0.1) is 0 Å². The second kappa shape index (κ2) is 9.68. The Bertz CT molecular complexity index is 1040. The van der Waals surface area contributed by atoms with E-state index in [2.05, 4.69) is 44.8 Å². The van der Waals surface area contributed by atoms with Crippen molar-refractivity contribution in [3.05, 3.63) is 53.4 Å². The number of amides is 1. The van der Waals surface area contributed by atoms with Crippen LogP contribution in [0.5, 0.6) is 11.5 Å². The summed E-state index contributed by atoms with van der Waals surface area (Å²) in [7, 11) is 3.18. The topological polar surface area (TPSA) is 54.0 Å². The third kappa shape index (κ3) is 4.84. The molecule has 0 bridgehead atoms. The summed E-state index contributed by atoms with van der Waals surface area (Å²) in [6.07, 6.45) is 0. The second-order valence-electron chi connectivity index (χ2n) is 7.80. The zero-order valence-electron chi connectivity index (χ0n) is 18.3. The van der Waals surface area contributed by atoms with E-state index >= 15 is 0 Å². The first-order chi connectivity index (χ1) is 15.1. The van der Waals surface area contributed by atoms with Gasteiger partial charge in [0.05, 0.1) is 20.3 Å². The number of carbonyl (C=O) groups is 1. The van der Waals surface area contributed by atoms with Crippen molar-refractivity contribution in [3.8, 4) is 11.5 Å². The molecule has 4 rings (SSSR count). The first kappa shape index (κ1) is 21.6. The first-order valence-corrected chi connectivity index (χ1v) is 11.4. The number of piperazine rings is 1. The van der Waals surface area contributed by atoms with Gasteiger partial charge in [-0.15, -0.1) is 11.3 Å². The summed E-state index contributed by atoms with van der Waals surface area (Å²) in [6.45, 7) is 6.60. The standard InChI is InChI=1S/C24H29N3O3S/c1-17(24(28)25-19-8-9-21(29-2)22(14-19)30-3)27-12-10-26(11-13-27)15-18-16-31-23-7-5-4-6-20(18)23/h4-9,14,16-17H,10-13,15H2,1-3H3,(H,25,28). The van der Waals surface area contributed by atoms with Gasteiger partial charge in [-0.25, -0.2) is 0 Å². The Labute approximate surface area is 187 Å². The Kier molecular flexibility index (Phi) is 6.75. The number of nitrogens with one attached hydrogen (secondary N) is 1. The number of carbonyl (C=O) groups excluding carboxylic acids is 1. The number of hydrogen-bond donors (Lipinski definition) is 1. The van der Waals surface area contributed by atoms with Crippen molar-refractivity contribution in [2.24, 2.45) is 0 Å². The van der Waals surface area contributed by atoms with E-state index in [-0.39, 0.29) is 11.9 Å². The van der Waals surface area contributed by atoms with Crippen LogP contribution in [0.2, 0.25) is 0 Å². The Balaban J connectivity index is 1.31. The van der Waals surface area contributed by atoms with Gasteiger partial charge in [0, 0.05) is 49.2 Å². The number of methoxy groups -OCH3 is 2. The minimum absolute atomic E-state index is 0.00972. The summed E-state index contributed by atoms with van der Waals surface area (Å²) in [6, 6.07) is 13.8. The van der Waals surface area contributed by atoms with E-state index in [1.54, 1.807) is 26.4 Å². The van der Waals surface area contributed by atoms with E-state index in [1.807, 2.05) is 24.3 Å². The van der Waals surface area contributed by atoms with Gasteiger partial charge in [-0.1, -0.05) is 18.2 Å². The van der Waals surface area contributed by atoms with Gasteiger partial charge in [-0.3, -0.25) is 14.6 Å². The highest BCUT2D eigenvalue weighted by Crippen LogP contribution is 2.30. The zero-order valence-corrected chi connectivity index (χ0v) is 19.1. The fraction of sp³-hybridized carbons (Fsp3) is 0.375. The van der Waals surface area contributed by atoms with Gasteiger partial charge in [-0.05, 0) is 41.5 Å². The van der Waals surface area contributed by atoms with Crippen LogP contribution in [-0.2, 0) is 11.3 Å². The van der Waals surface area contributed by atoms with E-state index < -0.39 is 0 Å². The van der Waals surface area contributed by atoms with Crippen LogP contribution in [0.3, 0.4) is 0 Å². The maximum Gasteiger partial charge on any atom is 0.241 e. The second-order valence-corrected chi connectivity index (χ2v) is 8.72. The fourth-order valence-corrected chi connectivity index (χ4v) is 4.99. The summed E-state index contributed by atoms with van der Waals surface area (Å²) in [5, 5.41) is 6.64. The quantitative estimate of drug-likeness (QED) is 0.602. The monoisotopic (exact) mass is 439 g/mol. The lowest BCUT2D eigenvalue weighted by Crippen LogP contribution is -2.52. The zero-order chi connectivity index (χ0) is 21.8. The van der Waals surface area contributed by atoms with Crippen molar-refractivity contribution in [2.75, 3.05) is 45.7 Å². The predicted molar refractivity (Wildman–Crippen MR) is 126 cm³/mol. The van der Waals surface area contributed by atoms with Gasteiger partial charge in [0.25, 0.3) is 0 Å². The molecular formula is C24H29N3O3S. The number of nitrogens with zero attached hydrogens (tertiary/aromatic N) is 2. The molecule has 1 N–H and O–H groups in total. The molecule has 1 aliphatic rings. The molecule has 0 aliphatic carbocycles. The highest BCUT2D eigenvalue weighted by atomic mass is 32.1. The Hall–Kier alpha value is -2.61. The van der Waals surface area contributed by atoms with Crippen molar-refractivity contribution in [3.63, 3.8) is 0 Å². The molecule has 3 aromatic rings. The number of fused-ring (bicyclic) bond motifs is 1. The van der Waals surface area contributed by atoms with Crippen LogP contribution in [0.4, 0.5) is 5.69 Å². The van der Waals surface area contributed by atoms with Crippen LogP contribution in [0.15, 0.2) is 47.8 Å². The lowest BCUT2D eigenvalue weighted by Gasteiger charge is -2.37. The summed E-state index contributed by atoms with van der Waals surface area (Å²) < 4.78 is 11.9. The number of anilines is 1. The molecule has 0 saturated carbocycles.